The molecular formula is C23H28N4O4. The van der Waals surface area contributed by atoms with Gasteiger partial charge in [0.1, 0.15) is 0 Å². The first kappa shape index (κ1) is 22.3. The lowest BCUT2D eigenvalue weighted by Crippen LogP contribution is -2.50. The van der Waals surface area contributed by atoms with Crippen molar-refractivity contribution in [2.45, 2.75) is 52.0 Å². The zero-order valence-corrected chi connectivity index (χ0v) is 18.1. The smallest absolute Gasteiger partial charge is 0.335 e. The fraction of sp³-hybridized carbons (Fsp3) is 0.348. The summed E-state index contributed by atoms with van der Waals surface area (Å²) in [5.74, 6) is -2.55. The number of fused-ring (bicyclic) bond motifs is 1. The largest absolute Gasteiger partial charge is 0.478 e. The van der Waals surface area contributed by atoms with E-state index in [1.165, 1.54) is 12.1 Å². The van der Waals surface area contributed by atoms with E-state index in [0.29, 0.717) is 35.4 Å². The van der Waals surface area contributed by atoms with Crippen molar-refractivity contribution in [3.63, 3.8) is 0 Å². The number of aryl methyl sites for hydroxylation is 1. The van der Waals surface area contributed by atoms with Gasteiger partial charge in [0.15, 0.2) is 0 Å². The van der Waals surface area contributed by atoms with Gasteiger partial charge in [0.2, 0.25) is 5.91 Å². The Morgan fingerprint density at radius 3 is 2.42 bits per heavy atom. The van der Waals surface area contributed by atoms with Crippen molar-refractivity contribution in [2.24, 2.45) is 11.5 Å². The van der Waals surface area contributed by atoms with Crippen LogP contribution in [-0.2, 0) is 9.59 Å². The number of carbonyl (C=O) groups excluding carboxylic acids is 2. The van der Waals surface area contributed by atoms with E-state index in [2.05, 4.69) is 10.3 Å². The van der Waals surface area contributed by atoms with Crippen LogP contribution in [0.4, 0.5) is 5.69 Å². The van der Waals surface area contributed by atoms with Crippen LogP contribution in [-0.4, -0.2) is 33.4 Å². The quantitative estimate of drug-likeness (QED) is 0.433. The maximum absolute atomic E-state index is 12.6. The van der Waals surface area contributed by atoms with E-state index < -0.39 is 23.3 Å². The number of carboxylic acid groups (broad SMARTS) is 1. The summed E-state index contributed by atoms with van der Waals surface area (Å²) >= 11 is 0. The molecule has 8 heteroatoms. The number of carboxylic acids is 1. The number of nitrogens with two attached hydrogens (primary N) is 2. The minimum Gasteiger partial charge on any atom is -0.478 e. The fourth-order valence-electron chi connectivity index (χ4n) is 4.35. The minimum atomic E-state index is -1.07. The molecule has 0 spiro atoms. The number of anilines is 1. The molecule has 1 unspecified atom stereocenters. The average Bonchev–Trinajstić information content (AvgIpc) is 3.17. The number of amides is 2. The van der Waals surface area contributed by atoms with Crippen LogP contribution >= 0.6 is 0 Å². The predicted octanol–water partition coefficient (Wildman–Crippen LogP) is 2.91. The van der Waals surface area contributed by atoms with Gasteiger partial charge in [0.25, 0.3) is 5.91 Å². The number of aromatic carboxylic acids is 1. The Balaban J connectivity index is 2.12. The summed E-state index contributed by atoms with van der Waals surface area (Å²) in [6.45, 7) is 7.59. The van der Waals surface area contributed by atoms with Crippen molar-refractivity contribution in [3.05, 3.63) is 51.8 Å². The molecule has 31 heavy (non-hydrogen) atoms. The van der Waals surface area contributed by atoms with Crippen LogP contribution in [0.25, 0.3) is 11.6 Å². The third kappa shape index (κ3) is 3.74. The zero-order chi connectivity index (χ0) is 23.1. The van der Waals surface area contributed by atoms with Gasteiger partial charge in [0.05, 0.1) is 17.1 Å². The van der Waals surface area contributed by atoms with Crippen molar-refractivity contribution in [1.29, 1.82) is 0 Å². The molecule has 8 nitrogen and oxygen atoms in total. The Bertz CT molecular complexity index is 1110. The molecular weight excluding hydrogens is 396 g/mol. The first-order valence-electron chi connectivity index (χ1n) is 10.2. The number of nitrogens with one attached hydrogen (secondary N) is 2. The van der Waals surface area contributed by atoms with Gasteiger partial charge in [-0.25, -0.2) is 4.79 Å². The van der Waals surface area contributed by atoms with Crippen LogP contribution in [0.15, 0.2) is 18.2 Å². The number of aromatic nitrogens is 1. The molecule has 3 rings (SSSR count). The highest BCUT2D eigenvalue weighted by Crippen LogP contribution is 2.39. The van der Waals surface area contributed by atoms with Crippen LogP contribution in [0.1, 0.15) is 71.0 Å². The van der Waals surface area contributed by atoms with E-state index in [4.69, 9.17) is 11.5 Å². The number of H-pyrrole nitrogens is 1. The van der Waals surface area contributed by atoms with Crippen molar-refractivity contribution >= 4 is 35.1 Å². The van der Waals surface area contributed by atoms with Gasteiger partial charge in [0, 0.05) is 28.2 Å². The summed E-state index contributed by atoms with van der Waals surface area (Å²) < 4.78 is 0. The summed E-state index contributed by atoms with van der Waals surface area (Å²) in [6, 6.07) is 4.50. The highest BCUT2D eigenvalue weighted by Gasteiger charge is 2.40. The molecule has 1 aliphatic rings. The molecule has 7 N–H and O–H groups in total. The highest BCUT2D eigenvalue weighted by atomic mass is 16.4. The summed E-state index contributed by atoms with van der Waals surface area (Å²) in [6.07, 6.45) is 2.88. The molecule has 2 aromatic rings. The Morgan fingerprint density at radius 2 is 1.87 bits per heavy atom. The zero-order valence-electron chi connectivity index (χ0n) is 18.1. The van der Waals surface area contributed by atoms with E-state index in [1.54, 1.807) is 12.1 Å². The standard InChI is InChI=1S/C23H28N4O4/c1-5-23(25,6-2)19(20(24)28)18-11(3)16(26-12(18)4)10-15-14-8-7-13(22(30)31)9-17(14)27-21(15)29/h7-10,19,26H,5-6,25H2,1-4H3,(H2,24,28)(H,27,29)(H,30,31). The second-order valence-corrected chi connectivity index (χ2v) is 8.06. The van der Waals surface area contributed by atoms with Crippen LogP contribution in [0.2, 0.25) is 0 Å². The second kappa shape index (κ2) is 8.03. The molecule has 0 saturated heterocycles. The van der Waals surface area contributed by atoms with Gasteiger partial charge >= 0.3 is 5.97 Å². The van der Waals surface area contributed by atoms with E-state index in [1.807, 2.05) is 27.7 Å². The molecule has 0 saturated carbocycles. The lowest BCUT2D eigenvalue weighted by Gasteiger charge is -2.34. The van der Waals surface area contributed by atoms with Gasteiger partial charge in [-0.1, -0.05) is 19.9 Å². The van der Waals surface area contributed by atoms with Gasteiger partial charge in [-0.15, -0.1) is 0 Å². The summed E-state index contributed by atoms with van der Waals surface area (Å²) in [7, 11) is 0. The normalized spacial score (nSPS) is 15.6. The number of aromatic amines is 1. The lowest BCUT2D eigenvalue weighted by atomic mass is 9.74. The lowest BCUT2D eigenvalue weighted by molar-refractivity contribution is -0.121. The van der Waals surface area contributed by atoms with Crippen LogP contribution < -0.4 is 16.8 Å². The third-order valence-electron chi connectivity index (χ3n) is 6.34. The fourth-order valence-corrected chi connectivity index (χ4v) is 4.35. The van der Waals surface area contributed by atoms with Gasteiger partial charge in [-0.2, -0.15) is 0 Å². The number of benzene rings is 1. The maximum atomic E-state index is 12.6. The Morgan fingerprint density at radius 1 is 1.23 bits per heavy atom. The van der Waals surface area contributed by atoms with E-state index in [9.17, 15) is 19.5 Å². The highest BCUT2D eigenvalue weighted by molar-refractivity contribution is 6.35. The molecule has 0 radical (unpaired) electrons. The molecule has 164 valence electrons. The first-order chi connectivity index (χ1) is 14.5. The number of hydrogen-bond donors (Lipinski definition) is 5. The number of rotatable bonds is 7. The van der Waals surface area contributed by atoms with Gasteiger partial charge in [-0.05, 0) is 56.0 Å². The van der Waals surface area contributed by atoms with Crippen LogP contribution in [0.3, 0.4) is 0 Å². The van der Waals surface area contributed by atoms with Crippen molar-refractivity contribution in [3.8, 4) is 0 Å². The monoisotopic (exact) mass is 424 g/mol. The number of carbonyl (C=O) groups is 3. The second-order valence-electron chi connectivity index (χ2n) is 8.06. The molecule has 1 aliphatic heterocycles. The van der Waals surface area contributed by atoms with E-state index >= 15 is 0 Å². The summed E-state index contributed by atoms with van der Waals surface area (Å²) in [5.41, 5.74) is 16.1. The SMILES string of the molecule is CCC(N)(CC)C(C(N)=O)c1c(C)[nH]c(C=C2C(=O)Nc3cc(C(=O)O)ccc32)c1C. The maximum Gasteiger partial charge on any atom is 0.335 e. The van der Waals surface area contributed by atoms with Gasteiger partial charge in [-0.3, -0.25) is 9.59 Å². The first-order valence-corrected chi connectivity index (χ1v) is 10.2. The third-order valence-corrected chi connectivity index (χ3v) is 6.34. The molecule has 0 aliphatic carbocycles. The Kier molecular flexibility index (Phi) is 5.78. The van der Waals surface area contributed by atoms with Gasteiger partial charge < -0.3 is 26.9 Å². The molecule has 0 fully saturated rings. The molecule has 1 aromatic carbocycles. The minimum absolute atomic E-state index is 0.0946. The Labute approximate surface area is 180 Å². The topological polar surface area (TPSA) is 151 Å². The molecule has 2 amide bonds. The number of hydrogen-bond acceptors (Lipinski definition) is 4. The molecule has 0 bridgehead atoms. The molecule has 1 atom stereocenters. The summed E-state index contributed by atoms with van der Waals surface area (Å²) in [4.78, 5) is 39.5. The number of primary amides is 1. The molecule has 1 aromatic heterocycles. The van der Waals surface area contributed by atoms with Crippen LogP contribution in [0, 0.1) is 13.8 Å². The van der Waals surface area contributed by atoms with Crippen molar-refractivity contribution in [2.75, 3.05) is 5.32 Å². The predicted molar refractivity (Wildman–Crippen MR) is 120 cm³/mol. The van der Waals surface area contributed by atoms with Crippen LogP contribution in [0.5, 0.6) is 0 Å². The van der Waals surface area contributed by atoms with Crippen molar-refractivity contribution in [1.82, 2.24) is 4.98 Å². The Hall–Kier alpha value is -3.39. The van der Waals surface area contributed by atoms with E-state index in [-0.39, 0.29) is 11.5 Å². The van der Waals surface area contributed by atoms with E-state index in [0.717, 1.165) is 16.8 Å². The molecule has 2 heterocycles. The average molecular weight is 425 g/mol. The summed E-state index contributed by atoms with van der Waals surface area (Å²) in [5, 5.41) is 11.9. The van der Waals surface area contributed by atoms with Crippen molar-refractivity contribution < 1.29 is 19.5 Å².